The van der Waals surface area contributed by atoms with Crippen LogP contribution in [0.2, 0.25) is 0 Å². The maximum atomic E-state index is 12.0. The van der Waals surface area contributed by atoms with Gasteiger partial charge in [-0.05, 0) is 30.7 Å². The molecule has 22 heavy (non-hydrogen) atoms. The minimum Gasteiger partial charge on any atom is -0.494 e. The number of hydrogen-bond acceptors (Lipinski definition) is 3. The lowest BCUT2D eigenvalue weighted by molar-refractivity contribution is -0.115. The van der Waals surface area contributed by atoms with Crippen LogP contribution in [0.15, 0.2) is 65.3 Å². The second-order valence-electron chi connectivity index (χ2n) is 4.81. The van der Waals surface area contributed by atoms with Crippen LogP contribution in [0.5, 0.6) is 5.75 Å². The summed E-state index contributed by atoms with van der Waals surface area (Å²) in [5.74, 6) is 1.21. The van der Waals surface area contributed by atoms with Crippen LogP contribution < -0.4 is 10.1 Å². The maximum absolute atomic E-state index is 12.0. The molecule has 110 valence electrons. The molecule has 1 aliphatic rings. The predicted octanol–water partition coefficient (Wildman–Crippen LogP) is 3.00. The fourth-order valence-corrected chi connectivity index (χ4v) is 2.19. The molecule has 0 spiro atoms. The Kier molecular flexibility index (Phi) is 4.01. The summed E-state index contributed by atoms with van der Waals surface area (Å²) in [4.78, 5) is 16.4. The molecule has 4 nitrogen and oxygen atoms in total. The molecule has 3 rings (SSSR count). The molecule has 1 aliphatic heterocycles. The molecule has 1 heterocycles. The Morgan fingerprint density at radius 3 is 2.50 bits per heavy atom. The molecule has 0 aliphatic carbocycles. The summed E-state index contributed by atoms with van der Waals surface area (Å²) in [6.07, 6.45) is 1.76. The summed E-state index contributed by atoms with van der Waals surface area (Å²) in [5.41, 5.74) is 2.21. The number of benzene rings is 2. The van der Waals surface area contributed by atoms with Crippen LogP contribution in [0.3, 0.4) is 0 Å². The van der Waals surface area contributed by atoms with Gasteiger partial charge in [0.05, 0.1) is 6.61 Å². The summed E-state index contributed by atoms with van der Waals surface area (Å²) in [6.45, 7) is 2.58. The number of carbonyl (C=O) groups excluding carboxylic acids is 1. The average molecular weight is 292 g/mol. The normalized spacial score (nSPS) is 15.6. The Labute approximate surface area is 129 Å². The third-order valence-electron chi connectivity index (χ3n) is 3.24. The summed E-state index contributed by atoms with van der Waals surface area (Å²) >= 11 is 0. The lowest BCUT2D eigenvalue weighted by Crippen LogP contribution is -2.24. The molecule has 0 saturated heterocycles. The molecular weight excluding hydrogens is 276 g/mol. The number of carbonyl (C=O) groups is 1. The third-order valence-corrected chi connectivity index (χ3v) is 3.24. The quantitative estimate of drug-likeness (QED) is 0.881. The first-order valence-corrected chi connectivity index (χ1v) is 7.16. The minimum atomic E-state index is -0.187. The van der Waals surface area contributed by atoms with Gasteiger partial charge in [-0.3, -0.25) is 4.79 Å². The Morgan fingerprint density at radius 1 is 1.09 bits per heavy atom. The van der Waals surface area contributed by atoms with E-state index >= 15 is 0 Å². The predicted molar refractivity (Wildman–Crippen MR) is 86.7 cm³/mol. The van der Waals surface area contributed by atoms with Crippen molar-refractivity contribution in [1.29, 1.82) is 0 Å². The van der Waals surface area contributed by atoms with Crippen LogP contribution in [-0.4, -0.2) is 18.3 Å². The van der Waals surface area contributed by atoms with Crippen LogP contribution in [0.1, 0.15) is 18.1 Å². The Bertz CT molecular complexity index is 731. The third kappa shape index (κ3) is 3.06. The molecule has 4 heteroatoms. The van der Waals surface area contributed by atoms with E-state index in [9.17, 15) is 4.79 Å². The van der Waals surface area contributed by atoms with E-state index in [1.807, 2.05) is 61.5 Å². The molecule has 0 saturated carbocycles. The van der Waals surface area contributed by atoms with E-state index in [4.69, 9.17) is 4.74 Å². The first-order chi connectivity index (χ1) is 10.8. The zero-order valence-corrected chi connectivity index (χ0v) is 12.2. The Hall–Kier alpha value is -2.88. The van der Waals surface area contributed by atoms with Gasteiger partial charge in [-0.25, -0.2) is 4.99 Å². The van der Waals surface area contributed by atoms with E-state index in [0.29, 0.717) is 18.1 Å². The van der Waals surface area contributed by atoms with Crippen molar-refractivity contribution in [3.05, 3.63) is 71.4 Å². The summed E-state index contributed by atoms with van der Waals surface area (Å²) in [7, 11) is 0. The zero-order chi connectivity index (χ0) is 15.4. The second kappa shape index (κ2) is 6.26. The number of amides is 1. The molecule has 0 aromatic heterocycles. The van der Waals surface area contributed by atoms with Crippen molar-refractivity contribution in [2.45, 2.75) is 6.92 Å². The van der Waals surface area contributed by atoms with E-state index in [2.05, 4.69) is 10.3 Å². The lowest BCUT2D eigenvalue weighted by atomic mass is 10.2. The fraction of sp³-hybridized carbons (Fsp3) is 0.111. The summed E-state index contributed by atoms with van der Waals surface area (Å²) < 4.78 is 5.40. The van der Waals surface area contributed by atoms with Crippen molar-refractivity contribution in [2.75, 3.05) is 6.61 Å². The first kappa shape index (κ1) is 14.1. The van der Waals surface area contributed by atoms with Gasteiger partial charge in [0.2, 0.25) is 0 Å². The van der Waals surface area contributed by atoms with E-state index in [1.54, 1.807) is 6.08 Å². The van der Waals surface area contributed by atoms with Crippen molar-refractivity contribution in [3.63, 3.8) is 0 Å². The fourth-order valence-electron chi connectivity index (χ4n) is 2.19. The van der Waals surface area contributed by atoms with Crippen molar-refractivity contribution < 1.29 is 9.53 Å². The van der Waals surface area contributed by atoms with Crippen molar-refractivity contribution in [3.8, 4) is 5.75 Å². The van der Waals surface area contributed by atoms with Crippen LogP contribution in [0, 0.1) is 0 Å². The molecule has 2 aromatic rings. The van der Waals surface area contributed by atoms with Crippen LogP contribution in [0.25, 0.3) is 6.08 Å². The second-order valence-corrected chi connectivity index (χ2v) is 4.81. The highest BCUT2D eigenvalue weighted by atomic mass is 16.5. The highest BCUT2D eigenvalue weighted by Crippen LogP contribution is 2.17. The Morgan fingerprint density at radius 2 is 1.82 bits per heavy atom. The van der Waals surface area contributed by atoms with Gasteiger partial charge in [-0.2, -0.15) is 0 Å². The zero-order valence-electron chi connectivity index (χ0n) is 12.2. The number of aliphatic imine (C=N–C) groups is 1. The van der Waals surface area contributed by atoms with Gasteiger partial charge in [0.1, 0.15) is 17.3 Å². The van der Waals surface area contributed by atoms with E-state index < -0.39 is 0 Å². The highest BCUT2D eigenvalue weighted by molar-refractivity contribution is 6.19. The van der Waals surface area contributed by atoms with Crippen molar-refractivity contribution in [1.82, 2.24) is 5.32 Å². The van der Waals surface area contributed by atoms with Crippen molar-refractivity contribution >= 4 is 17.8 Å². The number of hydrogen-bond donors (Lipinski definition) is 1. The molecule has 1 N–H and O–H groups in total. The molecule has 1 amide bonds. The van der Waals surface area contributed by atoms with Crippen LogP contribution in [0.4, 0.5) is 0 Å². The van der Waals surface area contributed by atoms with Gasteiger partial charge in [-0.1, -0.05) is 42.5 Å². The van der Waals surface area contributed by atoms with E-state index in [0.717, 1.165) is 16.9 Å². The average Bonchev–Trinajstić information content (AvgIpc) is 2.91. The first-order valence-electron chi connectivity index (χ1n) is 7.16. The monoisotopic (exact) mass is 292 g/mol. The number of rotatable bonds is 4. The van der Waals surface area contributed by atoms with Gasteiger partial charge in [0.25, 0.3) is 5.91 Å². The van der Waals surface area contributed by atoms with Gasteiger partial charge in [0.15, 0.2) is 0 Å². The topological polar surface area (TPSA) is 50.7 Å². The standard InChI is InChI=1S/C18H16N2O2/c1-2-22-15-10-8-13(9-11-15)12-16-18(21)20-17(19-16)14-6-4-3-5-7-14/h3-12H,2H2,1H3,(H,19,20,21)/b16-12+. The number of nitrogens with zero attached hydrogens (tertiary/aromatic N) is 1. The number of nitrogens with one attached hydrogen (secondary N) is 1. The minimum absolute atomic E-state index is 0.187. The highest BCUT2D eigenvalue weighted by Gasteiger charge is 2.20. The SMILES string of the molecule is CCOc1ccc(/C=C2/N=C(c3ccccc3)NC2=O)cc1. The summed E-state index contributed by atoms with van der Waals surface area (Å²) in [5, 5.41) is 2.79. The van der Waals surface area contributed by atoms with Crippen LogP contribution in [-0.2, 0) is 4.79 Å². The van der Waals surface area contributed by atoms with Gasteiger partial charge < -0.3 is 10.1 Å². The molecule has 0 fully saturated rings. The van der Waals surface area contributed by atoms with Crippen LogP contribution >= 0.6 is 0 Å². The van der Waals surface area contributed by atoms with Gasteiger partial charge in [0, 0.05) is 5.56 Å². The molecule has 0 bridgehead atoms. The smallest absolute Gasteiger partial charge is 0.275 e. The lowest BCUT2D eigenvalue weighted by Gasteiger charge is -2.02. The molecule has 2 aromatic carbocycles. The number of ether oxygens (including phenoxy) is 1. The Balaban J connectivity index is 1.84. The van der Waals surface area contributed by atoms with Gasteiger partial charge >= 0.3 is 0 Å². The molecule has 0 unspecified atom stereocenters. The molecule has 0 atom stereocenters. The maximum Gasteiger partial charge on any atom is 0.275 e. The largest absolute Gasteiger partial charge is 0.494 e. The van der Waals surface area contributed by atoms with Gasteiger partial charge in [-0.15, -0.1) is 0 Å². The van der Waals surface area contributed by atoms with Crippen molar-refractivity contribution in [2.24, 2.45) is 4.99 Å². The number of amidine groups is 1. The van der Waals surface area contributed by atoms with E-state index in [1.165, 1.54) is 0 Å². The molecular formula is C18H16N2O2. The van der Waals surface area contributed by atoms with E-state index in [-0.39, 0.29) is 5.91 Å². The molecule has 0 radical (unpaired) electrons. The summed E-state index contributed by atoms with van der Waals surface area (Å²) in [6, 6.07) is 17.2.